The van der Waals surface area contributed by atoms with Crippen LogP contribution in [0.3, 0.4) is 0 Å². The molecular weight excluding hydrogens is 188 g/mol. The van der Waals surface area contributed by atoms with Crippen LogP contribution < -0.4 is 0 Å². The Balaban J connectivity index is 2.09. The highest BCUT2D eigenvalue weighted by Gasteiger charge is 2.13. The summed E-state index contributed by atoms with van der Waals surface area (Å²) in [6.45, 7) is 8.27. The summed E-state index contributed by atoms with van der Waals surface area (Å²) in [4.78, 5) is 0. The van der Waals surface area contributed by atoms with Crippen LogP contribution in [-0.2, 0) is 9.47 Å². The van der Waals surface area contributed by atoms with Crippen molar-refractivity contribution in [2.24, 2.45) is 5.92 Å². The maximum Gasteiger partial charge on any atom is 0.161 e. The van der Waals surface area contributed by atoms with Gasteiger partial charge in [0, 0.05) is 6.42 Å². The molecule has 88 valence electrons. The summed E-state index contributed by atoms with van der Waals surface area (Å²) < 4.78 is 10.8. The third-order valence-electron chi connectivity index (χ3n) is 2.70. The molecule has 0 unspecified atom stereocenters. The van der Waals surface area contributed by atoms with Gasteiger partial charge in [-0.05, 0) is 25.7 Å². The molecule has 0 aromatic heterocycles. The molecule has 1 rings (SSSR count). The molecule has 0 atom stereocenters. The molecule has 1 aliphatic rings. The van der Waals surface area contributed by atoms with E-state index in [2.05, 4.69) is 26.8 Å². The molecule has 2 heteroatoms. The van der Waals surface area contributed by atoms with Crippen molar-refractivity contribution in [1.29, 1.82) is 0 Å². The lowest BCUT2D eigenvalue weighted by Crippen LogP contribution is -2.05. The van der Waals surface area contributed by atoms with Gasteiger partial charge in [-0.1, -0.05) is 31.9 Å². The van der Waals surface area contributed by atoms with Gasteiger partial charge in [0.1, 0.15) is 0 Å². The van der Waals surface area contributed by atoms with E-state index in [1.165, 1.54) is 24.8 Å². The molecule has 15 heavy (non-hydrogen) atoms. The SMILES string of the molecule is C/C(=C\CC1OCCO1)CCCC(C)C. The summed E-state index contributed by atoms with van der Waals surface area (Å²) in [7, 11) is 0. The lowest BCUT2D eigenvalue weighted by atomic mass is 10.0. The van der Waals surface area contributed by atoms with Crippen LogP contribution >= 0.6 is 0 Å². The van der Waals surface area contributed by atoms with E-state index in [4.69, 9.17) is 9.47 Å². The highest BCUT2D eigenvalue weighted by atomic mass is 16.7. The van der Waals surface area contributed by atoms with Crippen molar-refractivity contribution in [2.75, 3.05) is 13.2 Å². The third-order valence-corrected chi connectivity index (χ3v) is 2.70. The van der Waals surface area contributed by atoms with Crippen LogP contribution in [0.4, 0.5) is 0 Å². The van der Waals surface area contributed by atoms with Gasteiger partial charge >= 0.3 is 0 Å². The van der Waals surface area contributed by atoms with E-state index in [1.807, 2.05) is 0 Å². The molecule has 1 saturated heterocycles. The Morgan fingerprint density at radius 3 is 2.60 bits per heavy atom. The van der Waals surface area contributed by atoms with Crippen LogP contribution in [-0.4, -0.2) is 19.5 Å². The minimum atomic E-state index is 0.0186. The zero-order valence-corrected chi connectivity index (χ0v) is 10.3. The average Bonchev–Trinajstić information content (AvgIpc) is 2.66. The monoisotopic (exact) mass is 212 g/mol. The molecule has 0 saturated carbocycles. The van der Waals surface area contributed by atoms with Gasteiger partial charge in [-0.2, -0.15) is 0 Å². The van der Waals surface area contributed by atoms with Crippen LogP contribution in [0.1, 0.15) is 46.5 Å². The number of hydrogen-bond donors (Lipinski definition) is 0. The molecule has 0 amide bonds. The van der Waals surface area contributed by atoms with Crippen LogP contribution in [0.15, 0.2) is 11.6 Å². The molecule has 1 aliphatic heterocycles. The second-order valence-electron chi connectivity index (χ2n) is 4.74. The summed E-state index contributed by atoms with van der Waals surface area (Å²) in [6.07, 6.45) is 7.02. The summed E-state index contributed by atoms with van der Waals surface area (Å²) in [5, 5.41) is 0. The minimum absolute atomic E-state index is 0.0186. The second kappa shape index (κ2) is 7.02. The van der Waals surface area contributed by atoms with Crippen LogP contribution in [0, 0.1) is 5.92 Å². The van der Waals surface area contributed by atoms with Gasteiger partial charge < -0.3 is 9.47 Å². The van der Waals surface area contributed by atoms with E-state index in [0.29, 0.717) is 0 Å². The molecule has 2 nitrogen and oxygen atoms in total. The van der Waals surface area contributed by atoms with Gasteiger partial charge in [0.25, 0.3) is 0 Å². The molecule has 1 fully saturated rings. The highest BCUT2D eigenvalue weighted by Crippen LogP contribution is 2.14. The van der Waals surface area contributed by atoms with E-state index >= 15 is 0 Å². The van der Waals surface area contributed by atoms with Crippen molar-refractivity contribution in [1.82, 2.24) is 0 Å². The highest BCUT2D eigenvalue weighted by molar-refractivity contribution is 4.98. The Bertz CT molecular complexity index is 191. The van der Waals surface area contributed by atoms with Crippen molar-refractivity contribution < 1.29 is 9.47 Å². The first-order chi connectivity index (χ1) is 7.18. The van der Waals surface area contributed by atoms with Gasteiger partial charge in [-0.25, -0.2) is 0 Å². The van der Waals surface area contributed by atoms with E-state index in [-0.39, 0.29) is 6.29 Å². The first kappa shape index (κ1) is 12.7. The van der Waals surface area contributed by atoms with Gasteiger partial charge in [-0.3, -0.25) is 0 Å². The predicted molar refractivity (Wildman–Crippen MR) is 62.8 cm³/mol. The molecule has 0 aromatic rings. The zero-order chi connectivity index (χ0) is 11.1. The van der Waals surface area contributed by atoms with Crippen LogP contribution in [0.2, 0.25) is 0 Å². The molecule has 0 bridgehead atoms. The smallest absolute Gasteiger partial charge is 0.161 e. The Kier molecular flexibility index (Phi) is 5.96. The van der Waals surface area contributed by atoms with Gasteiger partial charge in [0.2, 0.25) is 0 Å². The molecule has 0 spiro atoms. The van der Waals surface area contributed by atoms with Gasteiger partial charge in [-0.15, -0.1) is 0 Å². The first-order valence-electron chi connectivity index (χ1n) is 6.07. The van der Waals surface area contributed by atoms with E-state index in [0.717, 1.165) is 25.6 Å². The fourth-order valence-electron chi connectivity index (χ4n) is 1.73. The second-order valence-corrected chi connectivity index (χ2v) is 4.74. The van der Waals surface area contributed by atoms with Crippen molar-refractivity contribution in [3.8, 4) is 0 Å². The van der Waals surface area contributed by atoms with Crippen molar-refractivity contribution in [3.05, 3.63) is 11.6 Å². The maximum atomic E-state index is 5.38. The largest absolute Gasteiger partial charge is 0.350 e. The summed E-state index contributed by atoms with van der Waals surface area (Å²) in [5.74, 6) is 0.819. The molecule has 0 aromatic carbocycles. The van der Waals surface area contributed by atoms with Gasteiger partial charge in [0.15, 0.2) is 6.29 Å². The lowest BCUT2D eigenvalue weighted by Gasteiger charge is -2.07. The van der Waals surface area contributed by atoms with Gasteiger partial charge in [0.05, 0.1) is 13.2 Å². The Morgan fingerprint density at radius 2 is 2.00 bits per heavy atom. The summed E-state index contributed by atoms with van der Waals surface area (Å²) in [5.41, 5.74) is 1.47. The Morgan fingerprint density at radius 1 is 1.33 bits per heavy atom. The van der Waals surface area contributed by atoms with E-state index < -0.39 is 0 Å². The zero-order valence-electron chi connectivity index (χ0n) is 10.3. The average molecular weight is 212 g/mol. The fourth-order valence-corrected chi connectivity index (χ4v) is 1.73. The Hall–Kier alpha value is -0.340. The summed E-state index contributed by atoms with van der Waals surface area (Å²) in [6, 6.07) is 0. The summed E-state index contributed by atoms with van der Waals surface area (Å²) >= 11 is 0. The normalized spacial score (nSPS) is 19.1. The standard InChI is InChI=1S/C13H24O2/c1-11(2)5-4-6-12(3)7-8-13-14-9-10-15-13/h7,11,13H,4-6,8-10H2,1-3H3/b12-7+. The number of rotatable bonds is 6. The Labute approximate surface area is 93.7 Å². The molecule has 0 radical (unpaired) electrons. The van der Waals surface area contributed by atoms with Crippen molar-refractivity contribution >= 4 is 0 Å². The van der Waals surface area contributed by atoms with Crippen molar-refractivity contribution in [2.45, 2.75) is 52.7 Å². The van der Waals surface area contributed by atoms with E-state index in [1.54, 1.807) is 0 Å². The number of allylic oxidation sites excluding steroid dienone is 1. The topological polar surface area (TPSA) is 18.5 Å². The van der Waals surface area contributed by atoms with Crippen molar-refractivity contribution in [3.63, 3.8) is 0 Å². The molecular formula is C13H24O2. The molecule has 1 heterocycles. The van der Waals surface area contributed by atoms with Crippen LogP contribution in [0.5, 0.6) is 0 Å². The minimum Gasteiger partial charge on any atom is -0.350 e. The number of ether oxygens (including phenoxy) is 2. The first-order valence-corrected chi connectivity index (χ1v) is 6.07. The molecule has 0 aliphatic carbocycles. The quantitative estimate of drug-likeness (QED) is 0.627. The molecule has 0 N–H and O–H groups in total. The fraction of sp³-hybridized carbons (Fsp3) is 0.846. The third kappa shape index (κ3) is 5.95. The lowest BCUT2D eigenvalue weighted by molar-refractivity contribution is -0.0381. The van der Waals surface area contributed by atoms with E-state index in [9.17, 15) is 0 Å². The maximum absolute atomic E-state index is 5.38. The van der Waals surface area contributed by atoms with Crippen LogP contribution in [0.25, 0.3) is 0 Å². The predicted octanol–water partition coefficient (Wildman–Crippen LogP) is 3.52. The number of hydrogen-bond acceptors (Lipinski definition) is 2.